The zero-order valence-electron chi connectivity index (χ0n) is 41.8. The molecule has 0 aliphatic heterocycles. The minimum absolute atomic E-state index is 0.169. The first-order valence-electron chi connectivity index (χ1n) is 24.6. The third-order valence-corrected chi connectivity index (χ3v) is 12.5. The van der Waals surface area contributed by atoms with E-state index in [4.69, 9.17) is 71.4 Å². The van der Waals surface area contributed by atoms with Gasteiger partial charge in [0.25, 0.3) is 0 Å². The van der Waals surface area contributed by atoms with E-state index in [1.807, 2.05) is 33.8 Å². The Labute approximate surface area is 429 Å². The maximum Gasteiger partial charge on any atom is 0.320 e. The highest BCUT2D eigenvalue weighted by Gasteiger charge is 2.25. The second kappa shape index (κ2) is 34.3. The predicted molar refractivity (Wildman–Crippen MR) is 265 cm³/mol. The molecule has 2 aromatic heterocycles. The average molecular weight is 1050 g/mol. The SMILES string of the molecule is N[C@@H](CCCC[n+]1cc(CC[C@H](N)C(=O)O)c(CCC[C@H](N)C(=O)O)c(CC[C@H](N)C(=O)O)c1)C(=O)O.N[C@@H](CCCC[n+]1cc(CC[C@H](N)C(=O)O)cc(CC[C@H](N)C(=O)O)c1CCC[C@H](N)C(=O)O)C(=O)O. The summed E-state index contributed by atoms with van der Waals surface area (Å²) in [4.78, 5) is 89.0. The molecule has 0 aromatic carbocycles. The van der Waals surface area contributed by atoms with Gasteiger partial charge in [0.05, 0.1) is 0 Å². The molecule has 0 fully saturated rings. The Kier molecular flexibility index (Phi) is 30.5. The Morgan fingerprint density at radius 2 is 0.662 bits per heavy atom. The Morgan fingerprint density at radius 1 is 0.351 bits per heavy atom. The van der Waals surface area contributed by atoms with E-state index in [-0.39, 0.29) is 38.5 Å². The topological polar surface area (TPSA) is 514 Å². The molecule has 74 heavy (non-hydrogen) atoms. The van der Waals surface area contributed by atoms with Gasteiger partial charge in [-0.05, 0) is 121 Å². The molecule has 0 saturated heterocycles. The smallest absolute Gasteiger partial charge is 0.320 e. The summed E-state index contributed by atoms with van der Waals surface area (Å²) in [7, 11) is 0. The Bertz CT molecular complexity index is 2110. The Hall–Kier alpha value is -6.26. The van der Waals surface area contributed by atoms with E-state index in [9.17, 15) is 53.7 Å². The van der Waals surface area contributed by atoms with Gasteiger partial charge >= 0.3 is 47.8 Å². The van der Waals surface area contributed by atoms with Gasteiger partial charge in [0.2, 0.25) is 0 Å². The first-order valence-corrected chi connectivity index (χ1v) is 24.6. The molecule has 0 saturated carbocycles. The second-order valence-corrected chi connectivity index (χ2v) is 18.5. The van der Waals surface area contributed by atoms with Crippen LogP contribution < -0.4 is 55.0 Å². The number of carboxylic acid groups (broad SMARTS) is 8. The van der Waals surface area contributed by atoms with Crippen molar-refractivity contribution in [2.24, 2.45) is 45.9 Å². The summed E-state index contributed by atoms with van der Waals surface area (Å²) in [6.45, 7) is 1.04. The van der Waals surface area contributed by atoms with Gasteiger partial charge in [-0.25, -0.2) is 9.13 Å². The number of nitrogens with zero attached hydrogens (tertiary/aromatic N) is 2. The van der Waals surface area contributed by atoms with Crippen LogP contribution in [0, 0.1) is 0 Å². The first-order chi connectivity index (χ1) is 34.7. The van der Waals surface area contributed by atoms with Gasteiger partial charge in [-0.3, -0.25) is 38.4 Å². The number of aromatic nitrogens is 2. The molecule has 26 nitrogen and oxygen atoms in total. The van der Waals surface area contributed by atoms with Gasteiger partial charge in [0, 0.05) is 41.5 Å². The van der Waals surface area contributed by atoms with E-state index in [0.717, 1.165) is 33.5 Å². The van der Waals surface area contributed by atoms with Crippen LogP contribution in [0.2, 0.25) is 0 Å². The van der Waals surface area contributed by atoms with Crippen LogP contribution in [0.3, 0.4) is 0 Å². The molecule has 0 unspecified atom stereocenters. The van der Waals surface area contributed by atoms with Crippen LogP contribution >= 0.6 is 0 Å². The lowest BCUT2D eigenvalue weighted by Crippen LogP contribution is -2.41. The van der Waals surface area contributed by atoms with Crippen molar-refractivity contribution in [2.75, 3.05) is 0 Å². The van der Waals surface area contributed by atoms with E-state index in [1.165, 1.54) is 0 Å². The van der Waals surface area contributed by atoms with Crippen molar-refractivity contribution in [2.45, 2.75) is 190 Å². The van der Waals surface area contributed by atoms with Gasteiger partial charge in [-0.15, -0.1) is 0 Å². The van der Waals surface area contributed by atoms with Crippen LogP contribution in [0.15, 0.2) is 24.7 Å². The summed E-state index contributed by atoms with van der Waals surface area (Å²) >= 11 is 0. The lowest BCUT2D eigenvalue weighted by atomic mass is 9.91. The number of carbonyl (C=O) groups is 8. The summed E-state index contributed by atoms with van der Waals surface area (Å²) < 4.78 is 3.88. The molecule has 0 bridgehead atoms. The van der Waals surface area contributed by atoms with E-state index >= 15 is 0 Å². The number of unbranched alkanes of at least 4 members (excludes halogenated alkanes) is 2. The molecule has 0 spiro atoms. The molecular formula is C48H80N10O16+2. The van der Waals surface area contributed by atoms with Crippen molar-refractivity contribution in [1.82, 2.24) is 0 Å². The minimum atomic E-state index is -1.12. The van der Waals surface area contributed by atoms with Gasteiger partial charge in [-0.2, -0.15) is 0 Å². The largest absolute Gasteiger partial charge is 0.480 e. The number of pyridine rings is 2. The molecule has 2 rings (SSSR count). The zero-order valence-corrected chi connectivity index (χ0v) is 41.8. The number of hydrogen-bond donors (Lipinski definition) is 16. The van der Waals surface area contributed by atoms with Gasteiger partial charge in [-0.1, -0.05) is 0 Å². The van der Waals surface area contributed by atoms with Crippen molar-refractivity contribution in [3.05, 3.63) is 58.2 Å². The fourth-order valence-corrected chi connectivity index (χ4v) is 7.88. The minimum Gasteiger partial charge on any atom is -0.480 e. The van der Waals surface area contributed by atoms with E-state index < -0.39 is 96.1 Å². The lowest BCUT2D eigenvalue weighted by Gasteiger charge is -2.16. The van der Waals surface area contributed by atoms with Crippen LogP contribution in [-0.2, 0) is 90.0 Å². The number of aryl methyl sites for hydroxylation is 6. The summed E-state index contributed by atoms with van der Waals surface area (Å²) in [6.07, 6.45) is 13.1. The molecule has 8 atom stereocenters. The van der Waals surface area contributed by atoms with Gasteiger partial charge in [0.15, 0.2) is 24.3 Å². The molecule has 0 radical (unpaired) electrons. The molecule has 26 heteroatoms. The molecule has 0 aliphatic rings. The van der Waals surface area contributed by atoms with Crippen molar-refractivity contribution < 1.29 is 88.3 Å². The summed E-state index contributed by atoms with van der Waals surface area (Å²) in [5, 5.41) is 72.8. The summed E-state index contributed by atoms with van der Waals surface area (Å²) in [6, 6.07) is -6.27. The maximum absolute atomic E-state index is 11.2. The maximum atomic E-state index is 11.2. The highest BCUT2D eigenvalue weighted by Crippen LogP contribution is 2.22. The predicted octanol–water partition coefficient (Wildman–Crippen LogP) is -2.04. The fourth-order valence-electron chi connectivity index (χ4n) is 7.88. The standard InChI is InChI=1S/2C24H39N5O8/c25-17(21(30)31)5-1-2-11-29-12-14(7-9-19(27)23(34)35)16(4-3-6-18(26)22(32)33)15(13-29)8-10-20(28)24(36)37;25-16(21(30)31)4-1-2-11-29-13-14(7-9-18(27)23(34)35)12-15(8-10-19(28)24(36)37)20(29)6-3-5-17(26)22(32)33/h12-13,17-20H,1-11,25-28H2,(H3-,30,31,32,33,34,35,36,37);12-13,16-19H,1-11,25-28H2,(H3-,30,31,32,33,34,35,36,37)/p+2/t17-,18-,19-,20-;16-,17-,18-,19-/m00/s1. The van der Waals surface area contributed by atoms with Crippen molar-refractivity contribution in [3.8, 4) is 0 Å². The highest BCUT2D eigenvalue weighted by atomic mass is 16.4. The lowest BCUT2D eigenvalue weighted by molar-refractivity contribution is -0.705. The molecule has 0 amide bonds. The van der Waals surface area contributed by atoms with E-state index in [1.54, 1.807) is 0 Å². The fraction of sp³-hybridized carbons (Fsp3) is 0.625. The molecule has 0 aliphatic carbocycles. The number of carboxylic acids is 8. The monoisotopic (exact) mass is 1050 g/mol. The van der Waals surface area contributed by atoms with E-state index in [0.29, 0.717) is 103 Å². The summed E-state index contributed by atoms with van der Waals surface area (Å²) in [5.41, 5.74) is 50.3. The third-order valence-electron chi connectivity index (χ3n) is 12.5. The normalized spacial score (nSPS) is 14.5. The van der Waals surface area contributed by atoms with Crippen molar-refractivity contribution in [1.29, 1.82) is 0 Å². The molecular weight excluding hydrogens is 973 g/mol. The molecule has 2 heterocycles. The Morgan fingerprint density at radius 3 is 1.04 bits per heavy atom. The van der Waals surface area contributed by atoms with Crippen LogP contribution in [0.25, 0.3) is 0 Å². The van der Waals surface area contributed by atoms with Gasteiger partial charge in [0.1, 0.15) is 61.4 Å². The summed E-state index contributed by atoms with van der Waals surface area (Å²) in [5.74, 6) is -8.82. The quantitative estimate of drug-likeness (QED) is 0.0254. The Balaban J connectivity index is 0.000000740. The molecule has 2 aromatic rings. The first kappa shape index (κ1) is 65.8. The second-order valence-electron chi connectivity index (χ2n) is 18.5. The number of aliphatic carboxylic acids is 8. The van der Waals surface area contributed by atoms with Crippen LogP contribution in [0.4, 0.5) is 0 Å². The molecule has 416 valence electrons. The molecule has 24 N–H and O–H groups in total. The van der Waals surface area contributed by atoms with Crippen LogP contribution in [-0.4, -0.2) is 137 Å². The van der Waals surface area contributed by atoms with Gasteiger partial charge < -0.3 is 86.7 Å². The van der Waals surface area contributed by atoms with Crippen LogP contribution in [0.1, 0.15) is 123 Å². The van der Waals surface area contributed by atoms with E-state index in [2.05, 4.69) is 0 Å². The highest BCUT2D eigenvalue weighted by molar-refractivity contribution is 5.75. The van der Waals surface area contributed by atoms with Crippen LogP contribution in [0.5, 0.6) is 0 Å². The number of nitrogens with two attached hydrogens (primary N) is 8. The third kappa shape index (κ3) is 25.6. The number of hydrogen-bond acceptors (Lipinski definition) is 16. The zero-order chi connectivity index (χ0) is 56.2. The average Bonchev–Trinajstić information content (AvgIpc) is 3.33. The van der Waals surface area contributed by atoms with Crippen molar-refractivity contribution >= 4 is 47.8 Å². The number of rotatable bonds is 38. The van der Waals surface area contributed by atoms with Crippen molar-refractivity contribution in [3.63, 3.8) is 0 Å².